The standard InChI is InChI=1S/C21H29F3N8O3/c1-5-35-19-15(25)16(30-20(26)31-19)28-11(2)17(33)29-14-9-12(8-13(10-14)21(22,23)24)18(34)27-6-7-32(3)4/h8-11H,5-7,25H2,1-4H3,(H,27,34)(H,29,33)(H3,26,28,30,31)/t11-/m0/s1. The van der Waals surface area contributed by atoms with Gasteiger partial charge < -0.3 is 37.1 Å². The number of nitrogens with two attached hydrogens (primary N) is 2. The second kappa shape index (κ2) is 11.6. The largest absolute Gasteiger partial charge is 0.476 e. The van der Waals surface area contributed by atoms with E-state index in [1.165, 1.54) is 6.92 Å². The first kappa shape index (κ1) is 27.4. The molecule has 14 heteroatoms. The minimum absolute atomic E-state index is 0.0106. The smallest absolute Gasteiger partial charge is 0.416 e. The van der Waals surface area contributed by atoms with Crippen LogP contribution in [-0.4, -0.2) is 66.5 Å². The number of carbonyl (C=O) groups excluding carboxylic acids is 2. The average molecular weight is 499 g/mol. The number of carbonyl (C=O) groups is 2. The molecule has 0 bridgehead atoms. The molecule has 1 atom stereocenters. The Balaban J connectivity index is 2.23. The summed E-state index contributed by atoms with van der Waals surface area (Å²) < 4.78 is 45.5. The van der Waals surface area contributed by atoms with Gasteiger partial charge in [-0.05, 0) is 46.1 Å². The number of alkyl halides is 3. The monoisotopic (exact) mass is 498 g/mol. The molecule has 0 radical (unpaired) electrons. The number of rotatable bonds is 10. The molecule has 0 aliphatic rings. The van der Waals surface area contributed by atoms with Gasteiger partial charge in [0.2, 0.25) is 17.7 Å². The van der Waals surface area contributed by atoms with Crippen LogP contribution in [0.15, 0.2) is 18.2 Å². The van der Waals surface area contributed by atoms with Crippen LogP contribution in [0.4, 0.5) is 36.3 Å². The summed E-state index contributed by atoms with van der Waals surface area (Å²) in [4.78, 5) is 34.7. The molecule has 2 aromatic rings. The van der Waals surface area contributed by atoms with Crippen LogP contribution < -0.4 is 32.2 Å². The van der Waals surface area contributed by atoms with Gasteiger partial charge in [0.05, 0.1) is 12.2 Å². The van der Waals surface area contributed by atoms with Gasteiger partial charge in [-0.3, -0.25) is 9.59 Å². The Labute approximate surface area is 200 Å². The highest BCUT2D eigenvalue weighted by molar-refractivity contribution is 5.99. The third kappa shape index (κ3) is 7.88. The van der Waals surface area contributed by atoms with E-state index in [1.807, 2.05) is 4.90 Å². The van der Waals surface area contributed by atoms with E-state index in [1.54, 1.807) is 21.0 Å². The van der Waals surface area contributed by atoms with E-state index in [-0.39, 0.29) is 47.7 Å². The Morgan fingerprint density at radius 1 is 1.17 bits per heavy atom. The Hall–Kier alpha value is -3.81. The Kier molecular flexibility index (Phi) is 9.05. The fourth-order valence-corrected chi connectivity index (χ4v) is 2.83. The minimum Gasteiger partial charge on any atom is -0.476 e. The number of aromatic nitrogens is 2. The number of hydrogen-bond donors (Lipinski definition) is 5. The number of amides is 2. The van der Waals surface area contributed by atoms with Crippen molar-refractivity contribution >= 4 is 35.0 Å². The van der Waals surface area contributed by atoms with Gasteiger partial charge in [-0.25, -0.2) is 0 Å². The topological polar surface area (TPSA) is 161 Å². The van der Waals surface area contributed by atoms with Crippen LogP contribution in [-0.2, 0) is 11.0 Å². The van der Waals surface area contributed by atoms with Crippen molar-refractivity contribution in [1.82, 2.24) is 20.2 Å². The fourth-order valence-electron chi connectivity index (χ4n) is 2.83. The van der Waals surface area contributed by atoms with E-state index in [2.05, 4.69) is 25.9 Å². The number of ether oxygens (including phenoxy) is 1. The highest BCUT2D eigenvalue weighted by Gasteiger charge is 2.32. The van der Waals surface area contributed by atoms with Gasteiger partial charge in [0.15, 0.2) is 5.82 Å². The third-order valence-electron chi connectivity index (χ3n) is 4.59. The molecule has 11 nitrogen and oxygen atoms in total. The lowest BCUT2D eigenvalue weighted by Crippen LogP contribution is -2.33. The molecule has 0 spiro atoms. The summed E-state index contributed by atoms with van der Waals surface area (Å²) in [6.07, 6.45) is -4.73. The summed E-state index contributed by atoms with van der Waals surface area (Å²) >= 11 is 0. The highest BCUT2D eigenvalue weighted by atomic mass is 19.4. The van der Waals surface area contributed by atoms with Crippen LogP contribution in [0.2, 0.25) is 0 Å². The van der Waals surface area contributed by atoms with Crippen molar-refractivity contribution in [2.75, 3.05) is 55.9 Å². The minimum atomic E-state index is -4.73. The predicted molar refractivity (Wildman–Crippen MR) is 126 cm³/mol. The molecular weight excluding hydrogens is 469 g/mol. The van der Waals surface area contributed by atoms with Crippen LogP contribution in [0.1, 0.15) is 29.8 Å². The van der Waals surface area contributed by atoms with E-state index < -0.39 is 29.6 Å². The third-order valence-corrected chi connectivity index (χ3v) is 4.59. The van der Waals surface area contributed by atoms with Crippen LogP contribution in [0.5, 0.6) is 5.88 Å². The average Bonchev–Trinajstić information content (AvgIpc) is 2.75. The number of benzene rings is 1. The molecule has 0 fully saturated rings. The normalized spacial score (nSPS) is 12.2. The summed E-state index contributed by atoms with van der Waals surface area (Å²) in [5, 5.41) is 7.66. The maximum atomic E-state index is 13.4. The Bertz CT molecular complexity index is 1060. The van der Waals surface area contributed by atoms with Crippen molar-refractivity contribution in [2.24, 2.45) is 0 Å². The molecule has 7 N–H and O–H groups in total. The molecule has 0 aliphatic carbocycles. The number of hydrogen-bond acceptors (Lipinski definition) is 9. The first-order valence-electron chi connectivity index (χ1n) is 10.6. The van der Waals surface area contributed by atoms with Gasteiger partial charge in [-0.15, -0.1) is 0 Å². The SMILES string of the molecule is CCOc1nc(N)nc(N[C@@H](C)C(=O)Nc2cc(C(=O)NCCN(C)C)cc(C(F)(F)F)c2)c1N. The van der Waals surface area contributed by atoms with Crippen LogP contribution in [0, 0.1) is 0 Å². The first-order valence-corrected chi connectivity index (χ1v) is 10.6. The van der Waals surface area contributed by atoms with E-state index in [0.717, 1.165) is 18.2 Å². The van der Waals surface area contributed by atoms with Gasteiger partial charge in [-0.1, -0.05) is 0 Å². The first-order chi connectivity index (χ1) is 16.3. The summed E-state index contributed by atoms with van der Waals surface area (Å²) in [5.74, 6) is -1.52. The van der Waals surface area contributed by atoms with Gasteiger partial charge in [-0.2, -0.15) is 23.1 Å². The lowest BCUT2D eigenvalue weighted by atomic mass is 10.1. The quantitative estimate of drug-likeness (QED) is 0.329. The van der Waals surface area contributed by atoms with E-state index in [9.17, 15) is 22.8 Å². The Morgan fingerprint density at radius 2 is 1.86 bits per heavy atom. The molecule has 0 saturated heterocycles. The van der Waals surface area contributed by atoms with Crippen molar-refractivity contribution in [3.05, 3.63) is 29.3 Å². The summed E-state index contributed by atoms with van der Waals surface area (Å²) in [6.45, 7) is 4.15. The number of nitrogen functional groups attached to an aromatic ring is 2. The highest BCUT2D eigenvalue weighted by Crippen LogP contribution is 2.32. The number of anilines is 4. The van der Waals surface area contributed by atoms with Crippen LogP contribution in [0.25, 0.3) is 0 Å². The second-order valence-corrected chi connectivity index (χ2v) is 7.79. The zero-order chi connectivity index (χ0) is 26.3. The van der Waals surface area contributed by atoms with Crippen molar-refractivity contribution in [3.63, 3.8) is 0 Å². The zero-order valence-electron chi connectivity index (χ0n) is 19.8. The summed E-state index contributed by atoms with van der Waals surface area (Å²) in [7, 11) is 3.58. The molecular formula is C21H29F3N8O3. The number of halogens is 3. The van der Waals surface area contributed by atoms with Gasteiger partial charge >= 0.3 is 6.18 Å². The van der Waals surface area contributed by atoms with Gasteiger partial charge in [0.25, 0.3) is 5.91 Å². The molecule has 2 amide bonds. The number of nitrogens with zero attached hydrogens (tertiary/aromatic N) is 3. The summed E-state index contributed by atoms with van der Waals surface area (Å²) in [6, 6.07) is 1.62. The molecule has 1 heterocycles. The maximum absolute atomic E-state index is 13.4. The second-order valence-electron chi connectivity index (χ2n) is 7.79. The van der Waals surface area contributed by atoms with Crippen molar-refractivity contribution in [2.45, 2.75) is 26.1 Å². The van der Waals surface area contributed by atoms with Crippen molar-refractivity contribution in [1.29, 1.82) is 0 Å². The van der Waals surface area contributed by atoms with Gasteiger partial charge in [0, 0.05) is 24.3 Å². The molecule has 1 aromatic carbocycles. The fraction of sp³-hybridized carbons (Fsp3) is 0.429. The molecule has 35 heavy (non-hydrogen) atoms. The molecule has 0 saturated carbocycles. The Morgan fingerprint density at radius 3 is 2.46 bits per heavy atom. The van der Waals surface area contributed by atoms with E-state index in [4.69, 9.17) is 16.2 Å². The zero-order valence-corrected chi connectivity index (χ0v) is 19.8. The maximum Gasteiger partial charge on any atom is 0.416 e. The van der Waals surface area contributed by atoms with Crippen molar-refractivity contribution < 1.29 is 27.5 Å². The molecule has 192 valence electrons. The van der Waals surface area contributed by atoms with E-state index in [0.29, 0.717) is 6.54 Å². The van der Waals surface area contributed by atoms with Gasteiger partial charge in [0.1, 0.15) is 11.7 Å². The van der Waals surface area contributed by atoms with E-state index >= 15 is 0 Å². The lowest BCUT2D eigenvalue weighted by Gasteiger charge is -2.18. The number of likely N-dealkylation sites (N-methyl/N-ethyl adjacent to an activating group) is 1. The molecule has 1 aromatic heterocycles. The lowest BCUT2D eigenvalue weighted by molar-refractivity contribution is -0.137. The molecule has 2 rings (SSSR count). The van der Waals surface area contributed by atoms with Crippen LogP contribution in [0.3, 0.4) is 0 Å². The molecule has 0 aliphatic heterocycles. The van der Waals surface area contributed by atoms with Crippen molar-refractivity contribution in [3.8, 4) is 5.88 Å². The predicted octanol–water partition coefficient (Wildman–Crippen LogP) is 1.79. The molecule has 0 unspecified atom stereocenters. The van der Waals surface area contributed by atoms with Crippen LogP contribution >= 0.6 is 0 Å². The number of nitrogens with one attached hydrogen (secondary N) is 3. The summed E-state index contributed by atoms with van der Waals surface area (Å²) in [5.41, 5.74) is 10.1.